The van der Waals surface area contributed by atoms with Crippen molar-refractivity contribution in [3.8, 4) is 0 Å². The number of aryl methyl sites for hydroxylation is 2. The fraction of sp³-hybridized carbons (Fsp3) is 0.261. The summed E-state index contributed by atoms with van der Waals surface area (Å²) in [4.78, 5) is 22.6. The van der Waals surface area contributed by atoms with Crippen molar-refractivity contribution in [2.45, 2.75) is 32.4 Å². The second kappa shape index (κ2) is 9.53. The molecule has 0 spiro atoms. The molecule has 1 amide bonds. The summed E-state index contributed by atoms with van der Waals surface area (Å²) in [5.74, 6) is -0.497. The Kier molecular flexibility index (Phi) is 6.75. The van der Waals surface area contributed by atoms with E-state index in [9.17, 15) is 9.18 Å². The van der Waals surface area contributed by atoms with Gasteiger partial charge in [-0.25, -0.2) is 4.39 Å². The van der Waals surface area contributed by atoms with E-state index in [1.165, 1.54) is 12.1 Å². The Bertz CT molecular complexity index is 1140. The van der Waals surface area contributed by atoms with Crippen molar-refractivity contribution < 1.29 is 9.18 Å². The first kappa shape index (κ1) is 22.7. The van der Waals surface area contributed by atoms with Gasteiger partial charge in [-0.1, -0.05) is 6.07 Å². The lowest BCUT2D eigenvalue weighted by molar-refractivity contribution is -0.116. The minimum absolute atomic E-state index is 0.104. The number of halogens is 2. The van der Waals surface area contributed by atoms with Gasteiger partial charge < -0.3 is 20.5 Å². The summed E-state index contributed by atoms with van der Waals surface area (Å²) in [6.45, 7) is 4.54. The zero-order valence-corrected chi connectivity index (χ0v) is 20.6. The normalized spacial score (nSPS) is 18.0. The van der Waals surface area contributed by atoms with Crippen LogP contribution < -0.4 is 10.6 Å². The number of carbonyl (C=O) groups is 1. The van der Waals surface area contributed by atoms with Crippen molar-refractivity contribution in [2.24, 2.45) is 0 Å². The summed E-state index contributed by atoms with van der Waals surface area (Å²) in [7, 11) is 0. The number of hydrogen-bond acceptors (Lipinski definition) is 3. The van der Waals surface area contributed by atoms with E-state index in [0.717, 1.165) is 26.2 Å². The molecular formula is C23H23FIN5OS. The fourth-order valence-electron chi connectivity index (χ4n) is 4.06. The fourth-order valence-corrected chi connectivity index (χ4v) is 5.25. The molecule has 1 aliphatic heterocycles. The number of aromatic nitrogens is 2. The molecule has 9 heteroatoms. The molecular weight excluding hydrogens is 540 g/mol. The number of hydrogen-bond donors (Lipinski definition) is 3. The number of benzene rings is 1. The van der Waals surface area contributed by atoms with E-state index in [1.807, 2.05) is 18.2 Å². The zero-order valence-electron chi connectivity index (χ0n) is 17.7. The van der Waals surface area contributed by atoms with Gasteiger partial charge in [0.05, 0.1) is 17.8 Å². The van der Waals surface area contributed by atoms with Gasteiger partial charge in [0.15, 0.2) is 5.11 Å². The average Bonchev–Trinajstić information content (AvgIpc) is 3.23. The van der Waals surface area contributed by atoms with E-state index >= 15 is 0 Å². The number of nitrogens with zero attached hydrogens (tertiary/aromatic N) is 2. The minimum atomic E-state index is -0.341. The number of H-pyrrole nitrogens is 1. The third-order valence-corrected chi connectivity index (χ3v) is 7.29. The third kappa shape index (κ3) is 4.63. The van der Waals surface area contributed by atoms with Gasteiger partial charge in [-0.15, -0.1) is 0 Å². The standard InChI is InChI=1S/C23H23FIN5OS/c1-13-19(20(25)14(2)27-13)22-21(17-5-3-4-11-26-17)29-23(32)30(22)12-10-18(31)28-16-8-6-15(24)7-9-16/h3-9,11,21-22,27H,10,12H2,1-2H3,(H,28,31)(H,29,32)/t21-,22-/m0/s1. The average molecular weight is 563 g/mol. The second-order valence-electron chi connectivity index (χ2n) is 7.73. The Morgan fingerprint density at radius 2 is 1.97 bits per heavy atom. The summed E-state index contributed by atoms with van der Waals surface area (Å²) < 4.78 is 14.3. The SMILES string of the molecule is Cc1[nH]c(C)c([C@H]2[C@H](c3ccccn3)NC(=S)N2CCC(=O)Nc2ccc(F)cc2)c1I. The molecule has 0 saturated carbocycles. The molecule has 1 aromatic carbocycles. The topological polar surface area (TPSA) is 73.0 Å². The van der Waals surface area contributed by atoms with Crippen LogP contribution in [0.3, 0.4) is 0 Å². The lowest BCUT2D eigenvalue weighted by atomic mass is 9.96. The summed E-state index contributed by atoms with van der Waals surface area (Å²) in [5, 5.41) is 6.82. The molecule has 32 heavy (non-hydrogen) atoms. The van der Waals surface area contributed by atoms with E-state index in [1.54, 1.807) is 18.3 Å². The number of pyridine rings is 1. The van der Waals surface area contributed by atoms with Crippen LogP contribution in [-0.4, -0.2) is 32.4 Å². The Labute approximate surface area is 205 Å². The minimum Gasteiger partial charge on any atom is -0.362 e. The maximum absolute atomic E-state index is 13.1. The first-order valence-electron chi connectivity index (χ1n) is 10.2. The highest BCUT2D eigenvalue weighted by Gasteiger charge is 2.42. The number of carbonyl (C=O) groups excluding carboxylic acids is 1. The summed E-state index contributed by atoms with van der Waals surface area (Å²) in [6, 6.07) is 11.3. The van der Waals surface area contributed by atoms with E-state index in [0.29, 0.717) is 17.3 Å². The molecule has 0 unspecified atom stereocenters. The first-order valence-corrected chi connectivity index (χ1v) is 11.7. The quantitative estimate of drug-likeness (QED) is 0.298. The molecule has 0 bridgehead atoms. The van der Waals surface area contributed by atoms with Gasteiger partial charge >= 0.3 is 0 Å². The Hall–Kier alpha value is -2.53. The Balaban J connectivity index is 1.58. The molecule has 1 fully saturated rings. The predicted octanol–water partition coefficient (Wildman–Crippen LogP) is 4.77. The van der Waals surface area contributed by atoms with Crippen LogP contribution in [0.4, 0.5) is 10.1 Å². The highest BCUT2D eigenvalue weighted by Crippen LogP contribution is 2.42. The van der Waals surface area contributed by atoms with Gasteiger partial charge in [0, 0.05) is 45.4 Å². The van der Waals surface area contributed by atoms with Gasteiger partial charge in [0.1, 0.15) is 5.82 Å². The van der Waals surface area contributed by atoms with Crippen LogP contribution >= 0.6 is 34.8 Å². The van der Waals surface area contributed by atoms with Crippen LogP contribution in [0.1, 0.15) is 41.1 Å². The smallest absolute Gasteiger partial charge is 0.226 e. The van der Waals surface area contributed by atoms with Crippen molar-refractivity contribution in [3.05, 3.63) is 80.7 Å². The highest BCUT2D eigenvalue weighted by atomic mass is 127. The summed E-state index contributed by atoms with van der Waals surface area (Å²) >= 11 is 8.05. The van der Waals surface area contributed by atoms with Crippen LogP contribution in [0.2, 0.25) is 0 Å². The molecule has 3 N–H and O–H groups in total. The molecule has 3 aromatic rings. The number of thiocarbonyl (C=S) groups is 1. The van der Waals surface area contributed by atoms with Gasteiger partial charge in [0.25, 0.3) is 0 Å². The van der Waals surface area contributed by atoms with E-state index in [2.05, 4.69) is 61.9 Å². The first-order chi connectivity index (χ1) is 15.3. The molecule has 3 heterocycles. The molecule has 2 aromatic heterocycles. The molecule has 1 saturated heterocycles. The number of rotatable bonds is 6. The van der Waals surface area contributed by atoms with Crippen LogP contribution in [0.15, 0.2) is 48.7 Å². The monoisotopic (exact) mass is 563 g/mol. The number of amides is 1. The molecule has 4 rings (SSSR count). The lowest BCUT2D eigenvalue weighted by Gasteiger charge is -2.28. The van der Waals surface area contributed by atoms with Crippen molar-refractivity contribution in [3.63, 3.8) is 0 Å². The molecule has 1 aliphatic rings. The van der Waals surface area contributed by atoms with Gasteiger partial charge in [-0.3, -0.25) is 9.78 Å². The number of anilines is 1. The van der Waals surface area contributed by atoms with Crippen LogP contribution in [-0.2, 0) is 4.79 Å². The molecule has 166 valence electrons. The largest absolute Gasteiger partial charge is 0.362 e. The number of aromatic amines is 1. The summed E-state index contributed by atoms with van der Waals surface area (Å²) in [5.41, 5.74) is 4.79. The maximum Gasteiger partial charge on any atom is 0.226 e. The zero-order chi connectivity index (χ0) is 22.8. The van der Waals surface area contributed by atoms with Gasteiger partial charge in [-0.2, -0.15) is 0 Å². The van der Waals surface area contributed by atoms with Crippen molar-refractivity contribution in [2.75, 3.05) is 11.9 Å². The third-order valence-electron chi connectivity index (χ3n) is 5.55. The predicted molar refractivity (Wildman–Crippen MR) is 135 cm³/mol. The molecule has 0 radical (unpaired) electrons. The van der Waals surface area contributed by atoms with Crippen LogP contribution in [0, 0.1) is 23.2 Å². The lowest BCUT2D eigenvalue weighted by Crippen LogP contribution is -2.33. The highest BCUT2D eigenvalue weighted by molar-refractivity contribution is 14.1. The van der Waals surface area contributed by atoms with E-state index in [4.69, 9.17) is 12.2 Å². The van der Waals surface area contributed by atoms with E-state index < -0.39 is 0 Å². The van der Waals surface area contributed by atoms with Crippen molar-refractivity contribution >= 4 is 51.5 Å². The van der Waals surface area contributed by atoms with Crippen LogP contribution in [0.5, 0.6) is 0 Å². The molecule has 0 aliphatic carbocycles. The van der Waals surface area contributed by atoms with Crippen LogP contribution in [0.25, 0.3) is 0 Å². The van der Waals surface area contributed by atoms with Gasteiger partial charge in [0.2, 0.25) is 5.91 Å². The van der Waals surface area contributed by atoms with E-state index in [-0.39, 0.29) is 30.2 Å². The Morgan fingerprint density at radius 3 is 2.59 bits per heavy atom. The maximum atomic E-state index is 13.1. The Morgan fingerprint density at radius 1 is 1.22 bits per heavy atom. The van der Waals surface area contributed by atoms with Crippen molar-refractivity contribution in [1.29, 1.82) is 0 Å². The molecule has 2 atom stereocenters. The van der Waals surface area contributed by atoms with Gasteiger partial charge in [-0.05, 0) is 85.1 Å². The number of nitrogens with one attached hydrogen (secondary N) is 3. The van der Waals surface area contributed by atoms with Crippen molar-refractivity contribution in [1.82, 2.24) is 20.2 Å². The summed E-state index contributed by atoms with van der Waals surface area (Å²) in [6.07, 6.45) is 2.01. The second-order valence-corrected chi connectivity index (χ2v) is 9.19. The molecule has 6 nitrogen and oxygen atoms in total.